The second kappa shape index (κ2) is 5.20. The van der Waals surface area contributed by atoms with Crippen molar-refractivity contribution in [1.82, 2.24) is 14.7 Å². The van der Waals surface area contributed by atoms with E-state index in [0.717, 1.165) is 12.4 Å². The first-order valence-corrected chi connectivity index (χ1v) is 6.00. The van der Waals surface area contributed by atoms with Crippen LogP contribution in [0.1, 0.15) is 6.42 Å². The molecule has 0 aliphatic heterocycles. The number of rotatable bonds is 5. The third kappa shape index (κ3) is 3.58. The van der Waals surface area contributed by atoms with Gasteiger partial charge in [-0.15, -0.1) is 6.58 Å². The molecule has 15 heavy (non-hydrogen) atoms. The van der Waals surface area contributed by atoms with Crippen molar-refractivity contribution in [3.8, 4) is 0 Å². The Labute approximate surface area is 93.3 Å². The van der Waals surface area contributed by atoms with Gasteiger partial charge in [0.2, 0.25) is 15.3 Å². The summed E-state index contributed by atoms with van der Waals surface area (Å²) < 4.78 is 25.5. The highest BCUT2D eigenvalue weighted by molar-refractivity contribution is 7.89. The summed E-state index contributed by atoms with van der Waals surface area (Å²) in [5.74, 6) is 0. The lowest BCUT2D eigenvalue weighted by molar-refractivity contribution is 0.581. The van der Waals surface area contributed by atoms with Crippen LogP contribution in [-0.2, 0) is 10.0 Å². The second-order valence-corrected chi connectivity index (χ2v) is 4.77. The van der Waals surface area contributed by atoms with Gasteiger partial charge >= 0.3 is 0 Å². The molecule has 0 saturated carbocycles. The maximum absolute atomic E-state index is 11.5. The first-order valence-electron chi connectivity index (χ1n) is 4.14. The van der Waals surface area contributed by atoms with E-state index in [9.17, 15) is 8.42 Å². The Hall–Kier alpha value is -0.980. The molecule has 1 aromatic rings. The molecule has 0 aromatic carbocycles. The predicted octanol–water partition coefficient (Wildman–Crippen LogP) is 0.984. The van der Waals surface area contributed by atoms with Crippen molar-refractivity contribution in [2.24, 2.45) is 0 Å². The number of halogens is 1. The third-order valence-corrected chi connectivity index (χ3v) is 3.16. The van der Waals surface area contributed by atoms with Crippen LogP contribution in [0, 0.1) is 0 Å². The Kier molecular flexibility index (Phi) is 4.19. The molecule has 0 aliphatic carbocycles. The molecule has 1 heterocycles. The summed E-state index contributed by atoms with van der Waals surface area (Å²) in [7, 11) is -3.53. The predicted molar refractivity (Wildman–Crippen MR) is 57.0 cm³/mol. The molecule has 0 atom stereocenters. The van der Waals surface area contributed by atoms with Gasteiger partial charge in [0.15, 0.2) is 0 Å². The van der Waals surface area contributed by atoms with E-state index < -0.39 is 10.0 Å². The lowest BCUT2D eigenvalue weighted by Gasteiger charge is -2.03. The molecule has 0 fully saturated rings. The maximum atomic E-state index is 11.5. The Bertz CT molecular complexity index is 430. The van der Waals surface area contributed by atoms with Gasteiger partial charge in [-0.3, -0.25) is 0 Å². The fourth-order valence-electron chi connectivity index (χ4n) is 0.818. The lowest BCUT2D eigenvalue weighted by Crippen LogP contribution is -2.24. The zero-order valence-electron chi connectivity index (χ0n) is 7.85. The average Bonchev–Trinajstić information content (AvgIpc) is 2.18. The molecule has 1 rings (SSSR count). The maximum Gasteiger partial charge on any atom is 0.243 e. The van der Waals surface area contributed by atoms with Gasteiger partial charge in [-0.05, 0) is 18.0 Å². The van der Waals surface area contributed by atoms with Gasteiger partial charge in [0.25, 0.3) is 0 Å². The lowest BCUT2D eigenvalue weighted by atomic mass is 10.4. The van der Waals surface area contributed by atoms with Gasteiger partial charge in [-0.2, -0.15) is 0 Å². The van der Waals surface area contributed by atoms with Gasteiger partial charge < -0.3 is 0 Å². The minimum atomic E-state index is -3.53. The van der Waals surface area contributed by atoms with E-state index in [2.05, 4.69) is 21.3 Å². The van der Waals surface area contributed by atoms with E-state index in [-0.39, 0.29) is 10.2 Å². The van der Waals surface area contributed by atoms with Crippen molar-refractivity contribution in [2.75, 3.05) is 6.54 Å². The summed E-state index contributed by atoms with van der Waals surface area (Å²) in [5.41, 5.74) is 0. The number of nitrogens with one attached hydrogen (secondary N) is 1. The molecule has 1 N–H and O–H groups in total. The molecule has 0 radical (unpaired) electrons. The molecule has 7 heteroatoms. The molecule has 0 saturated heterocycles. The van der Waals surface area contributed by atoms with Crippen molar-refractivity contribution < 1.29 is 8.42 Å². The van der Waals surface area contributed by atoms with Crippen LogP contribution in [0.25, 0.3) is 0 Å². The molecule has 0 unspecified atom stereocenters. The first-order chi connectivity index (χ1) is 7.06. The van der Waals surface area contributed by atoms with Gasteiger partial charge in [0, 0.05) is 6.54 Å². The zero-order chi connectivity index (χ0) is 11.3. The van der Waals surface area contributed by atoms with Gasteiger partial charge in [-0.1, -0.05) is 6.08 Å². The van der Waals surface area contributed by atoms with Crippen LogP contribution in [0.2, 0.25) is 5.28 Å². The highest BCUT2D eigenvalue weighted by Gasteiger charge is 2.13. The summed E-state index contributed by atoms with van der Waals surface area (Å²) in [6, 6.07) is 0. The fraction of sp³-hybridized carbons (Fsp3) is 0.250. The molecular formula is C8H10ClN3O2S. The topological polar surface area (TPSA) is 72.0 Å². The molecule has 1 aromatic heterocycles. The van der Waals surface area contributed by atoms with E-state index >= 15 is 0 Å². The monoisotopic (exact) mass is 247 g/mol. The molecule has 0 bridgehead atoms. The average molecular weight is 248 g/mol. The summed E-state index contributed by atoms with van der Waals surface area (Å²) in [6.45, 7) is 3.79. The van der Waals surface area contributed by atoms with Crippen LogP contribution in [-0.4, -0.2) is 24.9 Å². The van der Waals surface area contributed by atoms with Crippen LogP contribution in [0.4, 0.5) is 0 Å². The largest absolute Gasteiger partial charge is 0.243 e. The summed E-state index contributed by atoms with van der Waals surface area (Å²) in [5, 5.41) is 0.0139. The van der Waals surface area contributed by atoms with Crippen molar-refractivity contribution in [3.05, 3.63) is 30.3 Å². The SMILES string of the molecule is C=CCCNS(=O)(=O)c1cnc(Cl)nc1. The number of nitrogens with zero attached hydrogens (tertiary/aromatic N) is 2. The third-order valence-electron chi connectivity index (χ3n) is 1.55. The minimum Gasteiger partial charge on any atom is -0.225 e. The first kappa shape index (κ1) is 12.1. The Morgan fingerprint density at radius 2 is 2.07 bits per heavy atom. The Morgan fingerprint density at radius 3 is 2.60 bits per heavy atom. The molecule has 5 nitrogen and oxygen atoms in total. The van der Waals surface area contributed by atoms with Crippen molar-refractivity contribution >= 4 is 21.6 Å². The van der Waals surface area contributed by atoms with Crippen LogP contribution in [0.3, 0.4) is 0 Å². The Morgan fingerprint density at radius 1 is 1.47 bits per heavy atom. The van der Waals surface area contributed by atoms with E-state index in [4.69, 9.17) is 11.6 Å². The van der Waals surface area contributed by atoms with Gasteiger partial charge in [0.1, 0.15) is 4.90 Å². The molecule has 0 spiro atoms. The van der Waals surface area contributed by atoms with Gasteiger partial charge in [-0.25, -0.2) is 23.1 Å². The highest BCUT2D eigenvalue weighted by atomic mass is 35.5. The van der Waals surface area contributed by atoms with Crippen LogP contribution >= 0.6 is 11.6 Å². The fourth-order valence-corrected chi connectivity index (χ4v) is 1.85. The minimum absolute atomic E-state index is 0.00374. The smallest absolute Gasteiger partial charge is 0.225 e. The number of aromatic nitrogens is 2. The summed E-state index contributed by atoms with van der Waals surface area (Å²) in [4.78, 5) is 7.17. The highest BCUT2D eigenvalue weighted by Crippen LogP contribution is 2.07. The zero-order valence-corrected chi connectivity index (χ0v) is 9.42. The second-order valence-electron chi connectivity index (χ2n) is 2.66. The van der Waals surface area contributed by atoms with Gasteiger partial charge in [0.05, 0.1) is 12.4 Å². The quantitative estimate of drug-likeness (QED) is 0.478. The van der Waals surface area contributed by atoms with Crippen LogP contribution in [0.15, 0.2) is 29.9 Å². The molecule has 0 amide bonds. The summed E-state index contributed by atoms with van der Waals surface area (Å²) >= 11 is 5.44. The molecule has 82 valence electrons. The molecule has 0 aliphatic rings. The molecular weight excluding hydrogens is 238 g/mol. The van der Waals surface area contributed by atoms with E-state index in [1.807, 2.05) is 0 Å². The summed E-state index contributed by atoms with van der Waals surface area (Å²) in [6.07, 6.45) is 4.51. The van der Waals surface area contributed by atoms with Crippen LogP contribution in [0.5, 0.6) is 0 Å². The van der Waals surface area contributed by atoms with Crippen LogP contribution < -0.4 is 4.72 Å². The standard InChI is InChI=1S/C8H10ClN3O2S/c1-2-3-4-12-15(13,14)7-5-10-8(9)11-6-7/h2,5-6,12H,1,3-4H2. The Balaban J connectivity index is 2.77. The number of hydrogen-bond acceptors (Lipinski definition) is 4. The number of hydrogen-bond donors (Lipinski definition) is 1. The van der Waals surface area contributed by atoms with E-state index in [1.54, 1.807) is 6.08 Å². The van der Waals surface area contributed by atoms with Crippen molar-refractivity contribution in [1.29, 1.82) is 0 Å². The number of sulfonamides is 1. The van der Waals surface area contributed by atoms with Crippen molar-refractivity contribution in [3.63, 3.8) is 0 Å². The van der Waals surface area contributed by atoms with E-state index in [1.165, 1.54) is 0 Å². The van der Waals surface area contributed by atoms with Crippen molar-refractivity contribution in [2.45, 2.75) is 11.3 Å². The normalized spacial score (nSPS) is 11.3. The van der Waals surface area contributed by atoms with E-state index in [0.29, 0.717) is 13.0 Å².